The SMILES string of the molecule is C=C[C@@H](CC(=O)O)c1ccc(OCc2cccc(C3=CCC4(CC3)OCCO4)c2)cc1. The fraction of sp³-hybridized carbons (Fsp3) is 0.346. The third-order valence-electron chi connectivity index (χ3n) is 5.94. The highest BCUT2D eigenvalue weighted by Crippen LogP contribution is 2.38. The predicted octanol–water partition coefficient (Wildman–Crippen LogP) is 5.32. The number of rotatable bonds is 8. The van der Waals surface area contributed by atoms with Gasteiger partial charge >= 0.3 is 5.97 Å². The largest absolute Gasteiger partial charge is 0.489 e. The van der Waals surface area contributed by atoms with Gasteiger partial charge in [0.05, 0.1) is 19.6 Å². The summed E-state index contributed by atoms with van der Waals surface area (Å²) in [4.78, 5) is 11.0. The number of benzene rings is 2. The Hall–Kier alpha value is -2.89. The fourth-order valence-electron chi connectivity index (χ4n) is 4.19. The highest BCUT2D eigenvalue weighted by molar-refractivity contribution is 5.68. The van der Waals surface area contributed by atoms with E-state index in [-0.39, 0.29) is 12.3 Å². The molecule has 1 atom stereocenters. The summed E-state index contributed by atoms with van der Waals surface area (Å²) in [6, 6.07) is 16.0. The van der Waals surface area contributed by atoms with Crippen LogP contribution in [0.2, 0.25) is 0 Å². The van der Waals surface area contributed by atoms with Gasteiger partial charge in [0.15, 0.2) is 5.79 Å². The van der Waals surface area contributed by atoms with Crippen molar-refractivity contribution in [1.29, 1.82) is 0 Å². The van der Waals surface area contributed by atoms with Crippen molar-refractivity contribution in [3.63, 3.8) is 0 Å². The third kappa shape index (κ3) is 5.24. The average Bonchev–Trinajstić information content (AvgIpc) is 3.25. The van der Waals surface area contributed by atoms with E-state index in [9.17, 15) is 4.79 Å². The maximum atomic E-state index is 11.0. The molecule has 0 saturated carbocycles. The number of hydrogen-bond acceptors (Lipinski definition) is 4. The number of ether oxygens (including phenoxy) is 3. The molecule has 0 aromatic heterocycles. The molecule has 1 N–H and O–H groups in total. The molecule has 0 radical (unpaired) electrons. The second kappa shape index (κ2) is 9.50. The van der Waals surface area contributed by atoms with Gasteiger partial charge in [-0.15, -0.1) is 6.58 Å². The number of hydrogen-bond donors (Lipinski definition) is 1. The Morgan fingerprint density at radius 2 is 1.97 bits per heavy atom. The predicted molar refractivity (Wildman–Crippen MR) is 119 cm³/mol. The zero-order valence-corrected chi connectivity index (χ0v) is 17.6. The lowest BCUT2D eigenvalue weighted by Crippen LogP contribution is -2.31. The van der Waals surface area contributed by atoms with Gasteiger partial charge in [-0.25, -0.2) is 0 Å². The molecule has 5 heteroatoms. The third-order valence-corrected chi connectivity index (χ3v) is 5.94. The average molecular weight is 421 g/mol. The Morgan fingerprint density at radius 1 is 1.19 bits per heavy atom. The summed E-state index contributed by atoms with van der Waals surface area (Å²) in [7, 11) is 0. The minimum absolute atomic E-state index is 0.0334. The lowest BCUT2D eigenvalue weighted by atomic mass is 9.89. The van der Waals surface area contributed by atoms with E-state index in [0.29, 0.717) is 19.8 Å². The molecule has 0 unspecified atom stereocenters. The summed E-state index contributed by atoms with van der Waals surface area (Å²) in [5, 5.41) is 9.02. The van der Waals surface area contributed by atoms with Crippen LogP contribution < -0.4 is 4.74 Å². The van der Waals surface area contributed by atoms with E-state index < -0.39 is 11.8 Å². The van der Waals surface area contributed by atoms with Crippen LogP contribution in [0.25, 0.3) is 5.57 Å². The van der Waals surface area contributed by atoms with E-state index in [1.807, 2.05) is 24.3 Å². The van der Waals surface area contributed by atoms with E-state index in [2.05, 4.69) is 36.9 Å². The first kappa shape index (κ1) is 21.3. The van der Waals surface area contributed by atoms with Gasteiger partial charge in [0.25, 0.3) is 0 Å². The number of carboxylic acids is 1. The molecule has 0 amide bonds. The fourth-order valence-corrected chi connectivity index (χ4v) is 4.19. The molecular weight excluding hydrogens is 392 g/mol. The van der Waals surface area contributed by atoms with Crippen molar-refractivity contribution in [3.8, 4) is 5.75 Å². The van der Waals surface area contributed by atoms with E-state index >= 15 is 0 Å². The first-order valence-corrected chi connectivity index (χ1v) is 10.7. The maximum Gasteiger partial charge on any atom is 0.304 e. The summed E-state index contributed by atoms with van der Waals surface area (Å²) >= 11 is 0. The normalized spacial score (nSPS) is 18.4. The lowest BCUT2D eigenvalue weighted by Gasteiger charge is -2.30. The van der Waals surface area contributed by atoms with Gasteiger partial charge in [-0.05, 0) is 46.9 Å². The van der Waals surface area contributed by atoms with Crippen molar-refractivity contribution < 1.29 is 24.1 Å². The molecule has 1 saturated heterocycles. The molecule has 1 spiro atoms. The number of carboxylic acid groups (broad SMARTS) is 1. The zero-order chi connectivity index (χ0) is 21.7. The number of allylic oxidation sites excluding steroid dienone is 2. The van der Waals surface area contributed by atoms with Gasteiger partial charge < -0.3 is 19.3 Å². The van der Waals surface area contributed by atoms with E-state index in [0.717, 1.165) is 36.1 Å². The highest BCUT2D eigenvalue weighted by atomic mass is 16.7. The molecule has 162 valence electrons. The maximum absolute atomic E-state index is 11.0. The molecule has 1 aliphatic carbocycles. The summed E-state index contributed by atoms with van der Waals surface area (Å²) in [6.45, 7) is 5.58. The quantitative estimate of drug-likeness (QED) is 0.586. The molecule has 4 rings (SSSR count). The Labute approximate surface area is 183 Å². The highest BCUT2D eigenvalue weighted by Gasteiger charge is 2.37. The smallest absolute Gasteiger partial charge is 0.304 e. The monoisotopic (exact) mass is 420 g/mol. The van der Waals surface area contributed by atoms with Crippen molar-refractivity contribution in [3.05, 3.63) is 84.0 Å². The van der Waals surface area contributed by atoms with E-state index in [4.69, 9.17) is 19.3 Å². The second-order valence-corrected chi connectivity index (χ2v) is 8.04. The second-order valence-electron chi connectivity index (χ2n) is 8.04. The van der Waals surface area contributed by atoms with Crippen LogP contribution in [0.1, 0.15) is 48.3 Å². The first-order chi connectivity index (χ1) is 15.1. The number of aliphatic carboxylic acids is 1. The van der Waals surface area contributed by atoms with E-state index in [1.165, 1.54) is 11.1 Å². The molecule has 2 aromatic rings. The summed E-state index contributed by atoms with van der Waals surface area (Å²) in [5.74, 6) is -0.685. The van der Waals surface area contributed by atoms with Gasteiger partial charge in [-0.2, -0.15) is 0 Å². The topological polar surface area (TPSA) is 65.0 Å². The number of carbonyl (C=O) groups is 1. The van der Waals surface area contributed by atoms with Gasteiger partial charge in [0.2, 0.25) is 0 Å². The van der Waals surface area contributed by atoms with Crippen LogP contribution in [0.3, 0.4) is 0 Å². The molecule has 31 heavy (non-hydrogen) atoms. The Balaban J connectivity index is 1.37. The van der Waals surface area contributed by atoms with Crippen LogP contribution in [0.4, 0.5) is 0 Å². The molecule has 2 aromatic carbocycles. The Morgan fingerprint density at radius 3 is 2.61 bits per heavy atom. The molecular formula is C26H28O5. The molecule has 1 fully saturated rings. The Bertz CT molecular complexity index is 954. The van der Waals surface area contributed by atoms with Crippen molar-refractivity contribution in [2.45, 2.75) is 44.0 Å². The van der Waals surface area contributed by atoms with Crippen LogP contribution in [0, 0.1) is 0 Å². The van der Waals surface area contributed by atoms with Gasteiger partial charge in [0.1, 0.15) is 12.4 Å². The summed E-state index contributed by atoms with van der Waals surface area (Å²) in [5.41, 5.74) is 4.56. The van der Waals surface area contributed by atoms with E-state index in [1.54, 1.807) is 6.08 Å². The van der Waals surface area contributed by atoms with Crippen LogP contribution in [-0.4, -0.2) is 30.1 Å². The van der Waals surface area contributed by atoms with Gasteiger partial charge in [-0.1, -0.05) is 42.5 Å². The lowest BCUT2D eigenvalue weighted by molar-refractivity contribution is -0.159. The van der Waals surface area contributed by atoms with Crippen molar-refractivity contribution in [1.82, 2.24) is 0 Å². The molecule has 2 aliphatic rings. The Kier molecular flexibility index (Phi) is 6.54. The molecule has 5 nitrogen and oxygen atoms in total. The standard InChI is InChI=1S/C26H28O5/c1-2-20(17-25(27)28)21-6-8-24(9-7-21)29-18-19-4-3-5-23(16-19)22-10-12-26(13-11-22)30-14-15-31-26/h2-10,16,20H,1,11-15,17-18H2,(H,27,28)/t20-/m0/s1. The van der Waals surface area contributed by atoms with Gasteiger partial charge in [-0.3, -0.25) is 4.79 Å². The minimum Gasteiger partial charge on any atom is -0.489 e. The van der Waals surface area contributed by atoms with Crippen LogP contribution in [0.15, 0.2) is 67.3 Å². The van der Waals surface area contributed by atoms with Crippen LogP contribution >= 0.6 is 0 Å². The molecule has 1 heterocycles. The van der Waals surface area contributed by atoms with Crippen LogP contribution in [-0.2, 0) is 20.9 Å². The zero-order valence-electron chi connectivity index (χ0n) is 17.6. The molecule has 1 aliphatic heterocycles. The van der Waals surface area contributed by atoms with Gasteiger partial charge in [0, 0.05) is 18.8 Å². The summed E-state index contributed by atoms with van der Waals surface area (Å²) < 4.78 is 17.6. The first-order valence-electron chi connectivity index (χ1n) is 10.7. The van der Waals surface area contributed by atoms with Crippen molar-refractivity contribution in [2.75, 3.05) is 13.2 Å². The molecule has 0 bridgehead atoms. The van der Waals surface area contributed by atoms with Crippen molar-refractivity contribution in [2.24, 2.45) is 0 Å². The summed E-state index contributed by atoms with van der Waals surface area (Å²) in [6.07, 6.45) is 6.56. The van der Waals surface area contributed by atoms with Crippen molar-refractivity contribution >= 4 is 11.5 Å². The minimum atomic E-state index is -0.836. The van der Waals surface area contributed by atoms with Crippen LogP contribution in [0.5, 0.6) is 5.75 Å².